The Morgan fingerprint density at radius 3 is 2.42 bits per heavy atom. The second-order valence-electron chi connectivity index (χ2n) is 9.28. The number of nitrogens with zero attached hydrogens (tertiary/aromatic N) is 3. The van der Waals surface area contributed by atoms with Gasteiger partial charge in [0.15, 0.2) is 0 Å². The lowest BCUT2D eigenvalue weighted by Crippen LogP contribution is -2.32. The van der Waals surface area contributed by atoms with Gasteiger partial charge in [-0.15, -0.1) is 0 Å². The Morgan fingerprint density at radius 2 is 1.79 bits per heavy atom. The van der Waals surface area contributed by atoms with E-state index in [1.54, 1.807) is 0 Å². The summed E-state index contributed by atoms with van der Waals surface area (Å²) in [6.07, 6.45) is 8.64. The highest BCUT2D eigenvalue weighted by Gasteiger charge is 2.27. The van der Waals surface area contributed by atoms with Gasteiger partial charge in [0.1, 0.15) is 11.4 Å². The van der Waals surface area contributed by atoms with Crippen LogP contribution < -0.4 is 4.90 Å². The number of anilines is 1. The van der Waals surface area contributed by atoms with Crippen molar-refractivity contribution in [2.24, 2.45) is 0 Å². The molecule has 2 aromatic carbocycles. The number of rotatable bonds is 4. The summed E-state index contributed by atoms with van der Waals surface area (Å²) in [6, 6.07) is 21.5. The zero-order valence-electron chi connectivity index (χ0n) is 19.3. The molecule has 0 N–H and O–H groups in total. The van der Waals surface area contributed by atoms with Crippen molar-refractivity contribution in [3.63, 3.8) is 0 Å². The maximum atomic E-state index is 9.23. The minimum atomic E-state index is -0.452. The third kappa shape index (κ3) is 5.54. The summed E-state index contributed by atoms with van der Waals surface area (Å²) < 4.78 is 6.05. The third-order valence-electron chi connectivity index (χ3n) is 6.31. The summed E-state index contributed by atoms with van der Waals surface area (Å²) in [5.74, 6) is 1.32. The molecule has 0 aliphatic carbocycles. The Kier molecular flexibility index (Phi) is 6.66. The van der Waals surface area contributed by atoms with Crippen molar-refractivity contribution in [1.29, 1.82) is 5.26 Å². The quantitative estimate of drug-likeness (QED) is 0.389. The molecule has 0 atom stereocenters. The summed E-state index contributed by atoms with van der Waals surface area (Å²) in [5.41, 5.74) is 4.22. The van der Waals surface area contributed by atoms with Crippen LogP contribution in [0, 0.1) is 17.9 Å². The summed E-state index contributed by atoms with van der Waals surface area (Å²) >= 11 is 0. The van der Waals surface area contributed by atoms with Crippen molar-refractivity contribution in [2.75, 3.05) is 18.0 Å². The molecular weight excluding hydrogens is 406 g/mol. The average molecular weight is 436 g/mol. The van der Waals surface area contributed by atoms with Crippen molar-refractivity contribution < 1.29 is 4.74 Å². The van der Waals surface area contributed by atoms with Gasteiger partial charge in [0.2, 0.25) is 0 Å². The molecule has 4 heteroatoms. The van der Waals surface area contributed by atoms with E-state index in [1.807, 2.05) is 38.1 Å². The number of hydrogen-bond acceptors (Lipinski definition) is 3. The van der Waals surface area contributed by atoms with E-state index in [0.717, 1.165) is 24.2 Å². The molecule has 0 saturated carbocycles. The highest BCUT2D eigenvalue weighted by molar-refractivity contribution is 5.58. The first kappa shape index (κ1) is 22.4. The molecule has 0 amide bonds. The molecule has 2 heterocycles. The van der Waals surface area contributed by atoms with Gasteiger partial charge < -0.3 is 9.64 Å². The van der Waals surface area contributed by atoms with E-state index >= 15 is 0 Å². The molecule has 0 aromatic heterocycles. The van der Waals surface area contributed by atoms with Gasteiger partial charge >= 0.3 is 0 Å². The number of piperidine rings is 1. The first-order valence-electron chi connectivity index (χ1n) is 11.5. The number of allylic oxidation sites excluding steroid dienone is 3. The first-order chi connectivity index (χ1) is 16.0. The molecule has 2 aliphatic rings. The van der Waals surface area contributed by atoms with E-state index < -0.39 is 5.60 Å². The molecule has 1 fully saturated rings. The third-order valence-corrected chi connectivity index (χ3v) is 6.31. The summed E-state index contributed by atoms with van der Waals surface area (Å²) in [6.45, 7) is 13.3. The number of hydrogen-bond donors (Lipinski definition) is 0. The van der Waals surface area contributed by atoms with Crippen LogP contribution >= 0.6 is 0 Å². The Hall–Kier alpha value is -3.76. The van der Waals surface area contributed by atoms with E-state index in [4.69, 9.17) is 11.3 Å². The average Bonchev–Trinajstić information content (AvgIpc) is 2.84. The van der Waals surface area contributed by atoms with Crippen molar-refractivity contribution in [3.05, 3.63) is 106 Å². The molecule has 0 unspecified atom stereocenters. The van der Waals surface area contributed by atoms with E-state index in [0.29, 0.717) is 18.1 Å². The van der Waals surface area contributed by atoms with Crippen molar-refractivity contribution in [2.45, 2.75) is 44.6 Å². The standard InChI is InChI=1S/C29H29N3O/c1-29(2)20-25(28(21-30)31-3)19-27(33-29)14-11-22-9-12-26(13-10-22)32-17-15-24(16-18-32)23-7-5-4-6-8-23/h4-14,19,24H,15-18,20H2,1-2H3/b14-11+,28-25+. The van der Waals surface area contributed by atoms with Gasteiger partial charge in [0.25, 0.3) is 5.70 Å². The van der Waals surface area contributed by atoms with Gasteiger partial charge in [0, 0.05) is 25.2 Å². The van der Waals surface area contributed by atoms with Gasteiger partial charge in [-0.1, -0.05) is 48.5 Å². The van der Waals surface area contributed by atoms with E-state index in [-0.39, 0.29) is 5.70 Å². The molecule has 0 spiro atoms. The smallest absolute Gasteiger partial charge is 0.265 e. The lowest BCUT2D eigenvalue weighted by molar-refractivity contribution is 0.0356. The monoisotopic (exact) mass is 435 g/mol. The van der Waals surface area contributed by atoms with Gasteiger partial charge in [-0.2, -0.15) is 0 Å². The molecule has 2 aliphatic heterocycles. The van der Waals surface area contributed by atoms with Crippen LogP contribution in [0.3, 0.4) is 0 Å². The van der Waals surface area contributed by atoms with Crippen LogP contribution in [0.25, 0.3) is 10.9 Å². The van der Waals surface area contributed by atoms with E-state index in [1.165, 1.54) is 24.1 Å². The molecule has 1 saturated heterocycles. The van der Waals surface area contributed by atoms with Crippen LogP contribution in [0.5, 0.6) is 0 Å². The molecule has 33 heavy (non-hydrogen) atoms. The summed E-state index contributed by atoms with van der Waals surface area (Å²) in [7, 11) is 0. The number of nitriles is 1. The van der Waals surface area contributed by atoms with Crippen LogP contribution in [0.4, 0.5) is 5.69 Å². The highest BCUT2D eigenvalue weighted by Crippen LogP contribution is 2.33. The Balaban J connectivity index is 1.41. The van der Waals surface area contributed by atoms with Gasteiger partial charge in [-0.05, 0) is 73.6 Å². The maximum Gasteiger partial charge on any atom is 0.265 e. The second kappa shape index (κ2) is 9.80. The maximum absolute atomic E-state index is 9.23. The first-order valence-corrected chi connectivity index (χ1v) is 11.5. The van der Waals surface area contributed by atoms with Crippen LogP contribution in [0.2, 0.25) is 0 Å². The predicted molar refractivity (Wildman–Crippen MR) is 133 cm³/mol. The molecule has 0 bridgehead atoms. The Labute approximate surface area is 196 Å². The highest BCUT2D eigenvalue weighted by atomic mass is 16.5. The fourth-order valence-electron chi connectivity index (χ4n) is 4.64. The largest absolute Gasteiger partial charge is 0.488 e. The lowest BCUT2D eigenvalue weighted by atomic mass is 9.89. The predicted octanol–water partition coefficient (Wildman–Crippen LogP) is 6.86. The molecule has 4 rings (SSSR count). The van der Waals surface area contributed by atoms with Crippen LogP contribution in [0.15, 0.2) is 83.8 Å². The van der Waals surface area contributed by atoms with E-state index in [9.17, 15) is 5.26 Å². The Morgan fingerprint density at radius 1 is 1.09 bits per heavy atom. The summed E-state index contributed by atoms with van der Waals surface area (Å²) in [4.78, 5) is 5.83. The lowest BCUT2D eigenvalue weighted by Gasteiger charge is -2.34. The zero-order chi connectivity index (χ0) is 23.3. The minimum absolute atomic E-state index is 0.137. The van der Waals surface area contributed by atoms with Crippen LogP contribution in [-0.2, 0) is 4.74 Å². The molecule has 166 valence electrons. The molecule has 0 radical (unpaired) electrons. The fraction of sp³-hybridized carbons (Fsp3) is 0.310. The topological polar surface area (TPSA) is 40.6 Å². The van der Waals surface area contributed by atoms with Crippen LogP contribution in [0.1, 0.15) is 50.2 Å². The van der Waals surface area contributed by atoms with E-state index in [2.05, 4.69) is 64.3 Å². The van der Waals surface area contributed by atoms with Gasteiger partial charge in [0.05, 0.1) is 12.6 Å². The normalized spacial score (nSPS) is 19.9. The zero-order valence-corrected chi connectivity index (χ0v) is 19.3. The minimum Gasteiger partial charge on any atom is -0.488 e. The SMILES string of the molecule is [C-]#[N+]/C(C#N)=C1C=C(/C=C/c2ccc(N3CCC(c4ccccc4)CC3)cc2)OC(C)(C)C\1. The van der Waals surface area contributed by atoms with Crippen molar-refractivity contribution in [1.82, 2.24) is 0 Å². The summed E-state index contributed by atoms with van der Waals surface area (Å²) in [5, 5.41) is 9.23. The van der Waals surface area contributed by atoms with Crippen LogP contribution in [-0.4, -0.2) is 18.7 Å². The van der Waals surface area contributed by atoms with Crippen molar-refractivity contribution >= 4 is 11.8 Å². The Bertz CT molecular complexity index is 1130. The molecular formula is C29H29N3O. The van der Waals surface area contributed by atoms with Gasteiger partial charge in [-0.3, -0.25) is 0 Å². The van der Waals surface area contributed by atoms with Crippen molar-refractivity contribution in [3.8, 4) is 6.07 Å². The van der Waals surface area contributed by atoms with Gasteiger partial charge in [-0.25, -0.2) is 10.1 Å². The number of ether oxygens (including phenoxy) is 1. The number of benzene rings is 2. The molecule has 4 nitrogen and oxygen atoms in total. The second-order valence-corrected chi connectivity index (χ2v) is 9.28. The fourth-order valence-corrected chi connectivity index (χ4v) is 4.64. The molecule has 2 aromatic rings.